The van der Waals surface area contributed by atoms with E-state index in [0.717, 1.165) is 11.4 Å². The first-order chi connectivity index (χ1) is 11.5. The molecule has 0 radical (unpaired) electrons. The molecule has 10 heteroatoms. The van der Waals surface area contributed by atoms with E-state index in [1.165, 1.54) is 35.4 Å². The van der Waals surface area contributed by atoms with Crippen LogP contribution < -0.4 is 0 Å². The molecule has 0 aliphatic heterocycles. The fourth-order valence-electron chi connectivity index (χ4n) is 2.14. The summed E-state index contributed by atoms with van der Waals surface area (Å²) in [5.74, 6) is 0.401. The number of rotatable bonds is 4. The summed E-state index contributed by atoms with van der Waals surface area (Å²) in [7, 11) is 0. The molecule has 0 fully saturated rings. The molecule has 0 N–H and O–H groups in total. The van der Waals surface area contributed by atoms with Crippen LogP contribution in [-0.4, -0.2) is 35.8 Å². The summed E-state index contributed by atoms with van der Waals surface area (Å²) in [4.78, 5) is 10.4. The quantitative estimate of drug-likeness (QED) is 0.410. The van der Waals surface area contributed by atoms with E-state index in [1.54, 1.807) is 4.68 Å². The average molecular weight is 346 g/mol. The highest BCUT2D eigenvalue weighted by Crippen LogP contribution is 2.20. The highest BCUT2D eigenvalue weighted by Gasteiger charge is 2.11. The summed E-state index contributed by atoms with van der Waals surface area (Å²) in [6, 6.07) is 6.04. The third-order valence-electron chi connectivity index (χ3n) is 3.22. The molecule has 0 saturated carbocycles. The molecule has 1 aromatic carbocycles. The van der Waals surface area contributed by atoms with E-state index in [2.05, 4.69) is 20.4 Å². The number of nitro benzene ring substituents is 1. The van der Waals surface area contributed by atoms with Crippen molar-refractivity contribution >= 4 is 23.5 Å². The van der Waals surface area contributed by atoms with E-state index in [9.17, 15) is 10.1 Å². The van der Waals surface area contributed by atoms with Gasteiger partial charge in [0.2, 0.25) is 0 Å². The maximum absolute atomic E-state index is 10.9. The largest absolute Gasteiger partial charge is 0.273 e. The van der Waals surface area contributed by atoms with E-state index in [4.69, 9.17) is 11.6 Å². The van der Waals surface area contributed by atoms with Crippen LogP contribution in [0, 0.1) is 24.0 Å². The Kier molecular flexibility index (Phi) is 4.09. The molecule has 0 aliphatic rings. The number of benzene rings is 1. The van der Waals surface area contributed by atoms with Gasteiger partial charge in [0, 0.05) is 28.4 Å². The number of nitro groups is 1. The minimum absolute atomic E-state index is 0.0663. The normalized spacial score (nSPS) is 11.3. The Morgan fingerprint density at radius 3 is 2.79 bits per heavy atom. The molecule has 2 heterocycles. The summed E-state index contributed by atoms with van der Waals surface area (Å²) in [6.45, 7) is 3.76. The number of hydrogen-bond donors (Lipinski definition) is 0. The predicted octanol–water partition coefficient (Wildman–Crippen LogP) is 2.52. The molecule has 0 bridgehead atoms. The maximum Gasteiger partial charge on any atom is 0.273 e. The van der Waals surface area contributed by atoms with E-state index in [1.807, 2.05) is 19.9 Å². The van der Waals surface area contributed by atoms with Gasteiger partial charge in [0.15, 0.2) is 0 Å². The van der Waals surface area contributed by atoms with Gasteiger partial charge in [-0.3, -0.25) is 10.1 Å². The zero-order valence-electron chi connectivity index (χ0n) is 12.8. The molecule has 0 saturated heterocycles. The van der Waals surface area contributed by atoms with Gasteiger partial charge in [0.1, 0.15) is 6.33 Å². The van der Waals surface area contributed by atoms with Crippen LogP contribution in [0.4, 0.5) is 5.69 Å². The summed E-state index contributed by atoms with van der Waals surface area (Å²) in [6.07, 6.45) is 2.82. The molecule has 0 atom stereocenters. The van der Waals surface area contributed by atoms with Gasteiger partial charge in [0.05, 0.1) is 16.8 Å². The first kappa shape index (κ1) is 15.8. The molecule has 0 unspecified atom stereocenters. The van der Waals surface area contributed by atoms with Gasteiger partial charge in [-0.25, -0.2) is 4.68 Å². The SMILES string of the molecule is Cc1cc(C)n(-c2nncn2/N=C/c2cc([N+](=O)[O-])ccc2Cl)n1. The summed E-state index contributed by atoms with van der Waals surface area (Å²) in [5.41, 5.74) is 2.07. The lowest BCUT2D eigenvalue weighted by molar-refractivity contribution is -0.384. The smallest absolute Gasteiger partial charge is 0.258 e. The van der Waals surface area contributed by atoms with Crippen LogP contribution in [0.1, 0.15) is 17.0 Å². The summed E-state index contributed by atoms with van der Waals surface area (Å²) in [5, 5.41) is 27.6. The fourth-order valence-corrected chi connectivity index (χ4v) is 2.31. The molecule has 2 aromatic heterocycles. The van der Waals surface area contributed by atoms with Crippen molar-refractivity contribution in [1.82, 2.24) is 24.7 Å². The molecule has 0 spiro atoms. The van der Waals surface area contributed by atoms with Crippen LogP contribution in [0.3, 0.4) is 0 Å². The highest BCUT2D eigenvalue weighted by molar-refractivity contribution is 6.33. The first-order valence-electron chi connectivity index (χ1n) is 6.87. The van der Waals surface area contributed by atoms with Crippen molar-refractivity contribution < 1.29 is 4.92 Å². The van der Waals surface area contributed by atoms with Crippen LogP contribution in [0.25, 0.3) is 5.95 Å². The summed E-state index contributed by atoms with van der Waals surface area (Å²) < 4.78 is 3.02. The zero-order valence-corrected chi connectivity index (χ0v) is 13.5. The lowest BCUT2D eigenvalue weighted by atomic mass is 10.2. The van der Waals surface area contributed by atoms with E-state index >= 15 is 0 Å². The van der Waals surface area contributed by atoms with Crippen LogP contribution >= 0.6 is 11.6 Å². The summed E-state index contributed by atoms with van der Waals surface area (Å²) >= 11 is 6.05. The number of non-ortho nitro benzene ring substituents is 1. The van der Waals surface area contributed by atoms with Crippen LogP contribution in [0.5, 0.6) is 0 Å². The van der Waals surface area contributed by atoms with E-state index < -0.39 is 4.92 Å². The average Bonchev–Trinajstić information content (AvgIpc) is 3.11. The lowest BCUT2D eigenvalue weighted by Gasteiger charge is -2.03. The Labute approximate surface area is 141 Å². The number of aromatic nitrogens is 5. The highest BCUT2D eigenvalue weighted by atomic mass is 35.5. The first-order valence-corrected chi connectivity index (χ1v) is 7.25. The predicted molar refractivity (Wildman–Crippen MR) is 87.7 cm³/mol. The van der Waals surface area contributed by atoms with E-state index in [-0.39, 0.29) is 5.69 Å². The van der Waals surface area contributed by atoms with Crippen molar-refractivity contribution in [3.63, 3.8) is 0 Å². The molecule has 122 valence electrons. The number of hydrogen-bond acceptors (Lipinski definition) is 6. The molecule has 3 aromatic rings. The Bertz CT molecular complexity index is 945. The van der Waals surface area contributed by atoms with Gasteiger partial charge in [0.25, 0.3) is 11.6 Å². The van der Waals surface area contributed by atoms with Crippen molar-refractivity contribution in [3.05, 3.63) is 62.7 Å². The maximum atomic E-state index is 10.9. The van der Waals surface area contributed by atoms with Gasteiger partial charge in [-0.1, -0.05) is 11.6 Å². The Morgan fingerprint density at radius 2 is 2.12 bits per heavy atom. The topological polar surface area (TPSA) is 104 Å². The van der Waals surface area contributed by atoms with Crippen molar-refractivity contribution in [3.8, 4) is 5.95 Å². The van der Waals surface area contributed by atoms with Gasteiger partial charge in [-0.2, -0.15) is 14.9 Å². The molecule has 24 heavy (non-hydrogen) atoms. The molecule has 0 aliphatic carbocycles. The van der Waals surface area contributed by atoms with Gasteiger partial charge in [-0.05, 0) is 26.0 Å². The minimum Gasteiger partial charge on any atom is -0.258 e. The second-order valence-corrected chi connectivity index (χ2v) is 5.43. The molecule has 0 amide bonds. The Balaban J connectivity index is 1.97. The van der Waals surface area contributed by atoms with Crippen LogP contribution in [0.15, 0.2) is 35.7 Å². The van der Waals surface area contributed by atoms with Gasteiger partial charge in [-0.15, -0.1) is 10.2 Å². The second kappa shape index (κ2) is 6.20. The van der Waals surface area contributed by atoms with Crippen molar-refractivity contribution in [2.45, 2.75) is 13.8 Å². The Morgan fingerprint density at radius 1 is 1.33 bits per heavy atom. The monoisotopic (exact) mass is 345 g/mol. The van der Waals surface area contributed by atoms with Crippen molar-refractivity contribution in [2.75, 3.05) is 0 Å². The fraction of sp³-hybridized carbons (Fsp3) is 0.143. The molecule has 3 rings (SSSR count). The Hall–Kier alpha value is -3.07. The van der Waals surface area contributed by atoms with E-state index in [0.29, 0.717) is 16.5 Å². The number of nitrogens with zero attached hydrogens (tertiary/aromatic N) is 7. The number of aryl methyl sites for hydroxylation is 2. The molecular formula is C14H12ClN7O2. The van der Waals surface area contributed by atoms with Crippen LogP contribution in [0.2, 0.25) is 5.02 Å². The second-order valence-electron chi connectivity index (χ2n) is 5.02. The molecule has 9 nitrogen and oxygen atoms in total. The standard InChI is InChI=1S/C14H12ClN7O2/c1-9-5-10(2)21(19-9)14-18-16-8-20(14)17-7-11-6-12(22(23)24)3-4-13(11)15/h3-8H,1-2H3/b17-7+. The van der Waals surface area contributed by atoms with Crippen molar-refractivity contribution in [1.29, 1.82) is 0 Å². The molecular weight excluding hydrogens is 334 g/mol. The third kappa shape index (κ3) is 3.01. The van der Waals surface area contributed by atoms with Crippen molar-refractivity contribution in [2.24, 2.45) is 5.10 Å². The van der Waals surface area contributed by atoms with Crippen LogP contribution in [-0.2, 0) is 0 Å². The lowest BCUT2D eigenvalue weighted by Crippen LogP contribution is -2.06. The third-order valence-corrected chi connectivity index (χ3v) is 3.57. The van der Waals surface area contributed by atoms with Gasteiger partial charge < -0.3 is 0 Å². The zero-order chi connectivity index (χ0) is 17.3. The number of halogens is 1. The minimum atomic E-state index is -0.492. The van der Waals surface area contributed by atoms with Gasteiger partial charge >= 0.3 is 0 Å².